The van der Waals surface area contributed by atoms with Gasteiger partial charge < -0.3 is 4.18 Å². The highest BCUT2D eigenvalue weighted by Gasteiger charge is 2.19. The molecule has 0 fully saturated rings. The Morgan fingerprint density at radius 1 is 1.00 bits per heavy atom. The largest absolute Gasteiger partial charge is 0.379 e. The van der Waals surface area contributed by atoms with Crippen LogP contribution >= 0.6 is 34.2 Å². The Kier molecular flexibility index (Phi) is 4.14. The summed E-state index contributed by atoms with van der Waals surface area (Å²) in [4.78, 5) is 0.153. The summed E-state index contributed by atoms with van der Waals surface area (Å²) in [6, 6.07) is 12.8. The SMILES string of the molecule is O=S(=O)(Oc1ccc(Cl)cc1)c1ccccc1I. The maximum absolute atomic E-state index is 12.0. The van der Waals surface area contributed by atoms with E-state index in [2.05, 4.69) is 0 Å². The average Bonchev–Trinajstić information content (AvgIpc) is 2.32. The molecule has 0 amide bonds. The molecule has 0 heterocycles. The van der Waals surface area contributed by atoms with E-state index < -0.39 is 10.1 Å². The third-order valence-electron chi connectivity index (χ3n) is 2.13. The molecule has 0 aliphatic carbocycles. The Bertz CT molecular complexity index is 653. The van der Waals surface area contributed by atoms with Crippen molar-refractivity contribution in [2.75, 3.05) is 0 Å². The Balaban J connectivity index is 2.33. The quantitative estimate of drug-likeness (QED) is 0.589. The number of hydrogen-bond donors (Lipinski definition) is 0. The zero-order chi connectivity index (χ0) is 13.2. The lowest BCUT2D eigenvalue weighted by atomic mass is 10.3. The second-order valence-electron chi connectivity index (χ2n) is 3.42. The van der Waals surface area contributed by atoms with E-state index in [4.69, 9.17) is 15.8 Å². The second kappa shape index (κ2) is 5.46. The molecule has 0 aliphatic heterocycles. The first-order valence-corrected chi connectivity index (χ1v) is 7.80. The van der Waals surface area contributed by atoms with Gasteiger partial charge in [0, 0.05) is 8.59 Å². The summed E-state index contributed by atoms with van der Waals surface area (Å²) in [5, 5.41) is 0.522. The van der Waals surface area contributed by atoms with Crippen molar-refractivity contribution in [3.05, 3.63) is 57.1 Å². The summed E-state index contributed by atoms with van der Waals surface area (Å²) in [6.07, 6.45) is 0. The molecule has 2 aromatic rings. The lowest BCUT2D eigenvalue weighted by Gasteiger charge is -2.08. The normalized spacial score (nSPS) is 11.2. The summed E-state index contributed by atoms with van der Waals surface area (Å²) < 4.78 is 29.7. The molecular weight excluding hydrogens is 387 g/mol. The van der Waals surface area contributed by atoms with E-state index in [1.165, 1.54) is 18.2 Å². The van der Waals surface area contributed by atoms with Crippen molar-refractivity contribution in [2.24, 2.45) is 0 Å². The van der Waals surface area contributed by atoms with Gasteiger partial charge in [0.1, 0.15) is 10.6 Å². The van der Waals surface area contributed by atoms with Gasteiger partial charge in [-0.05, 0) is 59.0 Å². The molecule has 6 heteroatoms. The molecule has 0 saturated heterocycles. The van der Waals surface area contributed by atoms with Gasteiger partial charge in [-0.2, -0.15) is 8.42 Å². The predicted octanol–water partition coefficient (Wildman–Crippen LogP) is 3.71. The van der Waals surface area contributed by atoms with Gasteiger partial charge in [0.05, 0.1) is 0 Å². The first-order valence-electron chi connectivity index (χ1n) is 4.93. The van der Waals surface area contributed by atoms with Crippen LogP contribution in [0.25, 0.3) is 0 Å². The molecule has 0 unspecified atom stereocenters. The molecule has 2 aromatic carbocycles. The van der Waals surface area contributed by atoms with Crippen LogP contribution in [-0.4, -0.2) is 8.42 Å². The predicted molar refractivity (Wildman–Crippen MR) is 78.4 cm³/mol. The molecule has 3 nitrogen and oxygen atoms in total. The fourth-order valence-electron chi connectivity index (χ4n) is 1.31. The van der Waals surface area contributed by atoms with Gasteiger partial charge in [-0.1, -0.05) is 23.7 Å². The van der Waals surface area contributed by atoms with Crippen LogP contribution in [0.3, 0.4) is 0 Å². The van der Waals surface area contributed by atoms with Crippen molar-refractivity contribution in [1.82, 2.24) is 0 Å². The average molecular weight is 395 g/mol. The summed E-state index contributed by atoms with van der Waals surface area (Å²) in [5.74, 6) is 0.235. The molecule has 0 aromatic heterocycles. The Hall–Kier alpha value is -0.790. The number of hydrogen-bond acceptors (Lipinski definition) is 3. The van der Waals surface area contributed by atoms with E-state index in [9.17, 15) is 8.42 Å². The minimum atomic E-state index is -3.81. The lowest BCUT2D eigenvalue weighted by molar-refractivity contribution is 0.485. The van der Waals surface area contributed by atoms with E-state index in [0.717, 1.165) is 0 Å². The van der Waals surface area contributed by atoms with Gasteiger partial charge in [0.15, 0.2) is 0 Å². The van der Waals surface area contributed by atoms with Gasteiger partial charge in [0.25, 0.3) is 0 Å². The minimum Gasteiger partial charge on any atom is -0.379 e. The van der Waals surface area contributed by atoms with Crippen LogP contribution in [-0.2, 0) is 10.1 Å². The van der Waals surface area contributed by atoms with Crippen LogP contribution in [0, 0.1) is 3.57 Å². The minimum absolute atomic E-state index is 0.153. The molecule has 0 N–H and O–H groups in total. The van der Waals surface area contributed by atoms with Crippen molar-refractivity contribution in [1.29, 1.82) is 0 Å². The maximum Gasteiger partial charge on any atom is 0.340 e. The van der Waals surface area contributed by atoms with Crippen molar-refractivity contribution < 1.29 is 12.6 Å². The molecule has 94 valence electrons. The molecule has 2 rings (SSSR count). The Labute approximate surface area is 124 Å². The summed E-state index contributed by atoms with van der Waals surface area (Å²) in [7, 11) is -3.81. The zero-order valence-electron chi connectivity index (χ0n) is 9.01. The maximum atomic E-state index is 12.0. The fourth-order valence-corrected chi connectivity index (χ4v) is 3.64. The molecule has 0 saturated carbocycles. The molecular formula is C12H8ClIO3S. The molecule has 0 bridgehead atoms. The number of benzene rings is 2. The van der Waals surface area contributed by atoms with E-state index >= 15 is 0 Å². The summed E-state index contributed by atoms with van der Waals surface area (Å²) in [6.45, 7) is 0. The first kappa shape index (κ1) is 13.6. The van der Waals surface area contributed by atoms with Crippen molar-refractivity contribution in [3.63, 3.8) is 0 Å². The van der Waals surface area contributed by atoms with Gasteiger partial charge in [-0.3, -0.25) is 0 Å². The van der Waals surface area contributed by atoms with Crippen molar-refractivity contribution >= 4 is 44.3 Å². The topological polar surface area (TPSA) is 43.4 Å². The van der Waals surface area contributed by atoms with Crippen LogP contribution in [0.1, 0.15) is 0 Å². The highest BCUT2D eigenvalue weighted by atomic mass is 127. The third-order valence-corrected chi connectivity index (χ3v) is 4.99. The molecule has 0 radical (unpaired) electrons. The summed E-state index contributed by atoms with van der Waals surface area (Å²) >= 11 is 7.67. The third kappa shape index (κ3) is 3.15. The monoisotopic (exact) mass is 394 g/mol. The van der Waals surface area contributed by atoms with Gasteiger partial charge >= 0.3 is 10.1 Å². The molecule has 0 atom stereocenters. The van der Waals surface area contributed by atoms with Crippen LogP contribution in [0.4, 0.5) is 0 Å². The standard InChI is InChI=1S/C12H8ClIO3S/c13-9-5-7-10(8-6-9)17-18(15,16)12-4-2-1-3-11(12)14/h1-8H. The Morgan fingerprint density at radius 2 is 1.61 bits per heavy atom. The molecule has 18 heavy (non-hydrogen) atoms. The smallest absolute Gasteiger partial charge is 0.340 e. The number of halogens is 2. The van der Waals surface area contributed by atoms with Gasteiger partial charge in [-0.25, -0.2) is 0 Å². The van der Waals surface area contributed by atoms with Crippen LogP contribution in [0.15, 0.2) is 53.4 Å². The van der Waals surface area contributed by atoms with E-state index in [1.807, 2.05) is 22.6 Å². The summed E-state index contributed by atoms with van der Waals surface area (Å²) in [5.41, 5.74) is 0. The first-order chi connectivity index (χ1) is 8.49. The second-order valence-corrected chi connectivity index (χ2v) is 6.54. The van der Waals surface area contributed by atoms with E-state index in [-0.39, 0.29) is 10.6 Å². The van der Waals surface area contributed by atoms with E-state index in [0.29, 0.717) is 8.59 Å². The van der Waals surface area contributed by atoms with Crippen molar-refractivity contribution in [2.45, 2.75) is 4.90 Å². The fraction of sp³-hybridized carbons (Fsp3) is 0. The van der Waals surface area contributed by atoms with Gasteiger partial charge in [-0.15, -0.1) is 0 Å². The van der Waals surface area contributed by atoms with Gasteiger partial charge in [0.2, 0.25) is 0 Å². The van der Waals surface area contributed by atoms with Crippen LogP contribution in [0.5, 0.6) is 5.75 Å². The zero-order valence-corrected chi connectivity index (χ0v) is 12.7. The lowest BCUT2D eigenvalue weighted by Crippen LogP contribution is -2.11. The molecule has 0 aliphatic rings. The van der Waals surface area contributed by atoms with Crippen LogP contribution < -0.4 is 4.18 Å². The molecule has 0 spiro atoms. The van der Waals surface area contributed by atoms with Crippen molar-refractivity contribution in [3.8, 4) is 5.75 Å². The Morgan fingerprint density at radius 3 is 2.22 bits per heavy atom. The van der Waals surface area contributed by atoms with Crippen LogP contribution in [0.2, 0.25) is 5.02 Å². The highest BCUT2D eigenvalue weighted by Crippen LogP contribution is 2.23. The number of rotatable bonds is 3. The highest BCUT2D eigenvalue weighted by molar-refractivity contribution is 14.1. The van der Waals surface area contributed by atoms with E-state index in [1.54, 1.807) is 30.3 Å².